The summed E-state index contributed by atoms with van der Waals surface area (Å²) in [6.07, 6.45) is 6.41. The Morgan fingerprint density at radius 1 is 1.08 bits per heavy atom. The molecule has 2 aliphatic rings. The molecule has 134 valence electrons. The van der Waals surface area contributed by atoms with Crippen molar-refractivity contribution in [2.75, 3.05) is 13.2 Å². The Morgan fingerprint density at radius 3 is 2.36 bits per heavy atom. The predicted octanol–water partition coefficient (Wildman–Crippen LogP) is 5.12. The van der Waals surface area contributed by atoms with Gasteiger partial charge in [0.2, 0.25) is 0 Å². The molecule has 0 spiro atoms. The molecule has 1 aromatic carbocycles. The summed E-state index contributed by atoms with van der Waals surface area (Å²) in [5, 5.41) is 2.44. The van der Waals surface area contributed by atoms with Crippen LogP contribution in [-0.2, 0) is 9.53 Å². The third-order valence-electron chi connectivity index (χ3n) is 5.88. The highest BCUT2D eigenvalue weighted by atomic mass is 35.5. The van der Waals surface area contributed by atoms with Gasteiger partial charge in [0, 0.05) is 36.5 Å². The number of carbonyl (C=O) groups is 1. The maximum Gasteiger partial charge on any atom is 0.140 e. The average Bonchev–Trinajstić information content (AvgIpc) is 2.57. The summed E-state index contributed by atoms with van der Waals surface area (Å²) in [5.41, 5.74) is 4.47. The summed E-state index contributed by atoms with van der Waals surface area (Å²) < 4.78 is 5.45. The van der Waals surface area contributed by atoms with E-state index in [9.17, 15) is 4.79 Å². The zero-order valence-electron chi connectivity index (χ0n) is 15.2. The fourth-order valence-electron chi connectivity index (χ4n) is 4.70. The van der Waals surface area contributed by atoms with E-state index in [0.717, 1.165) is 67.9 Å². The summed E-state index contributed by atoms with van der Waals surface area (Å²) in [6.45, 7) is 5.96. The Balaban J connectivity index is 1.69. The smallest absolute Gasteiger partial charge is 0.140 e. The molecular weight excluding hydrogens is 332 g/mol. The van der Waals surface area contributed by atoms with Gasteiger partial charge < -0.3 is 4.74 Å². The summed E-state index contributed by atoms with van der Waals surface area (Å²) in [5.74, 6) is 4.70. The van der Waals surface area contributed by atoms with Crippen molar-refractivity contribution in [1.29, 1.82) is 0 Å². The first kappa shape index (κ1) is 18.5. The highest BCUT2D eigenvalue weighted by molar-refractivity contribution is 6.30. The van der Waals surface area contributed by atoms with Crippen LogP contribution in [0.1, 0.15) is 66.7 Å². The molecule has 0 aromatic heterocycles. The third-order valence-corrected chi connectivity index (χ3v) is 5.98. The lowest BCUT2D eigenvalue weighted by Crippen LogP contribution is -2.27. The Bertz CT molecular complexity index is 669. The second-order valence-electron chi connectivity index (χ2n) is 7.70. The van der Waals surface area contributed by atoms with Crippen molar-refractivity contribution < 1.29 is 9.53 Å². The van der Waals surface area contributed by atoms with Crippen LogP contribution in [0.4, 0.5) is 0 Å². The fourth-order valence-corrected chi connectivity index (χ4v) is 4.81. The lowest BCUT2D eigenvalue weighted by atomic mass is 9.72. The van der Waals surface area contributed by atoms with Gasteiger partial charge in [0.15, 0.2) is 0 Å². The van der Waals surface area contributed by atoms with E-state index in [1.165, 1.54) is 12.0 Å². The molecule has 0 amide bonds. The lowest BCUT2D eigenvalue weighted by Gasteiger charge is -2.32. The Labute approximate surface area is 156 Å². The monoisotopic (exact) mass is 358 g/mol. The number of halogens is 1. The van der Waals surface area contributed by atoms with Gasteiger partial charge in [-0.1, -0.05) is 0 Å². The number of hydrogen-bond acceptors (Lipinski definition) is 2. The van der Waals surface area contributed by atoms with Crippen LogP contribution in [-0.4, -0.2) is 19.0 Å². The van der Waals surface area contributed by atoms with E-state index in [4.69, 9.17) is 16.3 Å². The van der Waals surface area contributed by atoms with Crippen LogP contribution in [0.2, 0.25) is 0 Å². The largest absolute Gasteiger partial charge is 0.381 e. The first-order valence-corrected chi connectivity index (χ1v) is 9.79. The topological polar surface area (TPSA) is 26.3 Å². The summed E-state index contributed by atoms with van der Waals surface area (Å²) in [4.78, 5) is 12.9. The molecule has 0 bridgehead atoms. The predicted molar refractivity (Wildman–Crippen MR) is 102 cm³/mol. The van der Waals surface area contributed by atoms with Gasteiger partial charge in [0.1, 0.15) is 5.78 Å². The van der Waals surface area contributed by atoms with Crippen LogP contribution in [0.3, 0.4) is 0 Å². The summed E-state index contributed by atoms with van der Waals surface area (Å²) in [6, 6.07) is 4.11. The second kappa shape index (κ2) is 8.39. The zero-order valence-corrected chi connectivity index (χ0v) is 16.0. The highest BCUT2D eigenvalue weighted by Crippen LogP contribution is 2.39. The van der Waals surface area contributed by atoms with Crippen LogP contribution >= 0.6 is 11.6 Å². The Hall–Kier alpha value is -1.30. The van der Waals surface area contributed by atoms with Crippen molar-refractivity contribution in [2.45, 2.75) is 58.3 Å². The van der Waals surface area contributed by atoms with Crippen molar-refractivity contribution in [1.82, 2.24) is 0 Å². The van der Waals surface area contributed by atoms with E-state index in [0.29, 0.717) is 11.7 Å². The average molecular weight is 359 g/mol. The van der Waals surface area contributed by atoms with Gasteiger partial charge in [-0.15, -0.1) is 0 Å². The Kier molecular flexibility index (Phi) is 6.20. The Morgan fingerprint density at radius 2 is 1.76 bits per heavy atom. The molecule has 1 saturated carbocycles. The van der Waals surface area contributed by atoms with E-state index in [1.807, 2.05) is 0 Å². The van der Waals surface area contributed by atoms with Crippen molar-refractivity contribution >= 4 is 17.4 Å². The van der Waals surface area contributed by atoms with E-state index in [-0.39, 0.29) is 5.92 Å². The van der Waals surface area contributed by atoms with Gasteiger partial charge in [-0.05, 0) is 104 Å². The molecule has 0 N–H and O–H groups in total. The molecule has 1 aliphatic carbocycles. The van der Waals surface area contributed by atoms with Crippen molar-refractivity contribution in [3.8, 4) is 11.3 Å². The number of hydrogen-bond donors (Lipinski definition) is 0. The number of aryl methyl sites for hydroxylation is 2. The molecule has 25 heavy (non-hydrogen) atoms. The molecule has 1 aromatic rings. The molecule has 1 heterocycles. The normalized spacial score (nSPS) is 24.7. The van der Waals surface area contributed by atoms with Gasteiger partial charge in [-0.25, -0.2) is 0 Å². The van der Waals surface area contributed by atoms with Crippen LogP contribution < -0.4 is 0 Å². The molecule has 2 fully saturated rings. The van der Waals surface area contributed by atoms with E-state index in [1.54, 1.807) is 0 Å². The van der Waals surface area contributed by atoms with Crippen LogP contribution in [0.5, 0.6) is 0 Å². The minimum atomic E-state index is 0.0592. The van der Waals surface area contributed by atoms with Crippen LogP contribution in [0.25, 0.3) is 0 Å². The maximum absolute atomic E-state index is 12.9. The molecule has 2 nitrogen and oxygen atoms in total. The molecule has 1 aliphatic heterocycles. The molecule has 1 saturated heterocycles. The highest BCUT2D eigenvalue weighted by Gasteiger charge is 2.32. The molecule has 2 unspecified atom stereocenters. The standard InChI is InChI=1S/C22H27ClO2/c1-15-11-19(5-8-23)12-16(2)22(15)20-4-3-18(14-21(20)24)13-17-6-9-25-10-7-17/h11-12,17-18,20H,3-4,6-7,9-10,13-14H2,1-2H3. The van der Waals surface area contributed by atoms with E-state index in [2.05, 4.69) is 37.3 Å². The number of rotatable bonds is 3. The third kappa shape index (κ3) is 4.46. The SMILES string of the molecule is Cc1cc(C#CCl)cc(C)c1C1CCC(CC2CCOCC2)CC1=O. The van der Waals surface area contributed by atoms with Gasteiger partial charge in [0.05, 0.1) is 0 Å². The lowest BCUT2D eigenvalue weighted by molar-refractivity contribution is -0.123. The molecule has 2 atom stereocenters. The zero-order chi connectivity index (χ0) is 17.8. The van der Waals surface area contributed by atoms with Crippen molar-refractivity contribution in [3.05, 3.63) is 34.4 Å². The number of ether oxygens (including phenoxy) is 1. The number of ketones is 1. The van der Waals surface area contributed by atoms with Crippen LogP contribution in [0, 0.1) is 37.0 Å². The minimum absolute atomic E-state index is 0.0592. The first-order valence-electron chi connectivity index (χ1n) is 9.41. The minimum Gasteiger partial charge on any atom is -0.381 e. The quantitative estimate of drug-likeness (QED) is 0.701. The fraction of sp³-hybridized carbons (Fsp3) is 0.591. The number of Topliss-reactive ketones (excluding diaryl/α,β-unsaturated/α-hetero) is 1. The van der Waals surface area contributed by atoms with Gasteiger partial charge in [-0.3, -0.25) is 4.79 Å². The summed E-state index contributed by atoms with van der Waals surface area (Å²) >= 11 is 5.53. The van der Waals surface area contributed by atoms with Gasteiger partial charge >= 0.3 is 0 Å². The molecule has 3 rings (SSSR count). The molecular formula is C22H27ClO2. The number of carbonyl (C=O) groups excluding carboxylic acids is 1. The van der Waals surface area contributed by atoms with Gasteiger partial charge in [0.25, 0.3) is 0 Å². The van der Waals surface area contributed by atoms with E-state index >= 15 is 0 Å². The number of benzene rings is 1. The van der Waals surface area contributed by atoms with Crippen molar-refractivity contribution in [3.63, 3.8) is 0 Å². The van der Waals surface area contributed by atoms with Crippen molar-refractivity contribution in [2.24, 2.45) is 11.8 Å². The molecule has 3 heteroatoms. The van der Waals surface area contributed by atoms with Crippen LogP contribution in [0.15, 0.2) is 12.1 Å². The van der Waals surface area contributed by atoms with E-state index < -0.39 is 0 Å². The molecule has 0 radical (unpaired) electrons. The second-order valence-corrected chi connectivity index (χ2v) is 7.89. The maximum atomic E-state index is 12.9. The first-order chi connectivity index (χ1) is 12.1. The van der Waals surface area contributed by atoms with Gasteiger partial charge in [-0.2, -0.15) is 0 Å². The summed E-state index contributed by atoms with van der Waals surface area (Å²) in [7, 11) is 0.